The van der Waals surface area contributed by atoms with Gasteiger partial charge < -0.3 is 16.0 Å². The van der Waals surface area contributed by atoms with Crippen molar-refractivity contribution >= 4 is 23.5 Å². The molecule has 0 spiro atoms. The Bertz CT molecular complexity index is 782. The molecule has 28 heavy (non-hydrogen) atoms. The van der Waals surface area contributed by atoms with Gasteiger partial charge in [-0.15, -0.1) is 0 Å². The largest absolute Gasteiger partial charge is 0.352 e. The van der Waals surface area contributed by atoms with Gasteiger partial charge in [-0.2, -0.15) is 0 Å². The van der Waals surface area contributed by atoms with Crippen LogP contribution < -0.4 is 11.1 Å². The number of primary amides is 1. The zero-order valence-corrected chi connectivity index (χ0v) is 16.2. The number of carbonyl (C=O) groups is 2. The minimum absolute atomic E-state index is 0.130. The van der Waals surface area contributed by atoms with E-state index in [2.05, 4.69) is 5.32 Å². The molecule has 3 amide bonds. The smallest absolute Gasteiger partial charge is 0.315 e. The second kappa shape index (κ2) is 7.46. The van der Waals surface area contributed by atoms with Crippen LogP contribution in [0.1, 0.15) is 44.1 Å². The van der Waals surface area contributed by atoms with Crippen molar-refractivity contribution in [1.82, 2.24) is 10.2 Å². The van der Waals surface area contributed by atoms with E-state index in [0.717, 1.165) is 0 Å². The third-order valence-electron chi connectivity index (χ3n) is 6.05. The molecule has 1 aromatic rings. The van der Waals surface area contributed by atoms with E-state index in [0.29, 0.717) is 5.56 Å². The highest BCUT2D eigenvalue weighted by Crippen LogP contribution is 2.49. The van der Waals surface area contributed by atoms with Crippen molar-refractivity contribution in [3.05, 3.63) is 34.6 Å². The number of piperazine rings is 1. The van der Waals surface area contributed by atoms with Gasteiger partial charge in [0.25, 0.3) is 0 Å². The Labute approximate surface area is 166 Å². The lowest BCUT2D eigenvalue weighted by molar-refractivity contribution is -0.137. The second-order valence-corrected chi connectivity index (χ2v) is 8.15. The zero-order valence-electron chi connectivity index (χ0n) is 15.5. The van der Waals surface area contributed by atoms with Crippen LogP contribution in [0.15, 0.2) is 18.2 Å². The third kappa shape index (κ3) is 3.66. The third-order valence-corrected chi connectivity index (χ3v) is 6.34. The van der Waals surface area contributed by atoms with Crippen LogP contribution in [0.5, 0.6) is 0 Å². The molecule has 0 aromatic heterocycles. The fraction of sp³-hybridized carbons (Fsp3) is 0.579. The van der Waals surface area contributed by atoms with Crippen molar-refractivity contribution < 1.29 is 22.8 Å². The first-order chi connectivity index (χ1) is 13.1. The first-order valence-electron chi connectivity index (χ1n) is 9.24. The first kappa shape index (κ1) is 20.8. The van der Waals surface area contributed by atoms with Gasteiger partial charge in [0.05, 0.1) is 5.02 Å². The fourth-order valence-corrected chi connectivity index (χ4v) is 4.81. The van der Waals surface area contributed by atoms with E-state index < -0.39 is 35.1 Å². The highest BCUT2D eigenvalue weighted by molar-refractivity contribution is 6.30. The van der Waals surface area contributed by atoms with Crippen LogP contribution in [0.3, 0.4) is 0 Å². The molecule has 2 aliphatic rings. The van der Waals surface area contributed by atoms with Crippen molar-refractivity contribution in [1.29, 1.82) is 0 Å². The first-order valence-corrected chi connectivity index (χ1v) is 9.62. The molecule has 154 valence electrons. The summed E-state index contributed by atoms with van der Waals surface area (Å²) in [4.78, 5) is 26.4. The quantitative estimate of drug-likeness (QED) is 0.787. The van der Waals surface area contributed by atoms with Gasteiger partial charge in [0.15, 0.2) is 0 Å². The van der Waals surface area contributed by atoms with Crippen molar-refractivity contribution in [3.63, 3.8) is 0 Å². The summed E-state index contributed by atoms with van der Waals surface area (Å²) in [6.07, 6.45) is -0.279. The van der Waals surface area contributed by atoms with Gasteiger partial charge in [-0.25, -0.2) is 18.0 Å². The molecule has 2 fully saturated rings. The summed E-state index contributed by atoms with van der Waals surface area (Å²) in [5.74, 6) is -4.77. The maximum Gasteiger partial charge on any atom is 0.315 e. The molecule has 1 saturated carbocycles. The Kier molecular flexibility index (Phi) is 5.53. The Morgan fingerprint density at radius 3 is 2.57 bits per heavy atom. The second-order valence-electron chi connectivity index (χ2n) is 7.74. The van der Waals surface area contributed by atoms with Crippen molar-refractivity contribution in [2.75, 3.05) is 13.1 Å². The number of nitrogens with one attached hydrogen (secondary N) is 1. The van der Waals surface area contributed by atoms with E-state index in [1.54, 1.807) is 6.92 Å². The Morgan fingerprint density at radius 1 is 1.36 bits per heavy atom. The number of halogens is 4. The Balaban J connectivity index is 2.10. The lowest BCUT2D eigenvalue weighted by atomic mass is 9.66. The molecule has 9 heteroatoms. The van der Waals surface area contributed by atoms with Gasteiger partial charge in [-0.3, -0.25) is 4.79 Å². The molecule has 1 aromatic carbocycles. The summed E-state index contributed by atoms with van der Waals surface area (Å²) in [7, 11) is 0. The minimum Gasteiger partial charge on any atom is -0.352 e. The van der Waals surface area contributed by atoms with Gasteiger partial charge in [0.1, 0.15) is 11.4 Å². The van der Waals surface area contributed by atoms with Gasteiger partial charge in [-0.1, -0.05) is 17.7 Å². The summed E-state index contributed by atoms with van der Waals surface area (Å²) in [6.45, 7) is 2.03. The minimum atomic E-state index is -2.75. The Morgan fingerprint density at radius 2 is 2.00 bits per heavy atom. The number of carbonyl (C=O) groups excluding carboxylic acids is 2. The van der Waals surface area contributed by atoms with Crippen LogP contribution in [0.4, 0.5) is 18.0 Å². The molecular formula is C19H23ClF3N3O2. The summed E-state index contributed by atoms with van der Waals surface area (Å²) >= 11 is 5.96. The number of nitrogens with zero attached hydrogens (tertiary/aromatic N) is 1. The van der Waals surface area contributed by atoms with E-state index in [1.165, 1.54) is 23.1 Å². The topological polar surface area (TPSA) is 75.4 Å². The van der Waals surface area contributed by atoms with Crippen LogP contribution in [0, 0.1) is 11.7 Å². The highest BCUT2D eigenvalue weighted by Gasteiger charge is 2.54. The van der Waals surface area contributed by atoms with Gasteiger partial charge in [-0.05, 0) is 43.4 Å². The highest BCUT2D eigenvalue weighted by atomic mass is 35.5. The molecule has 2 atom stereocenters. The molecule has 0 bridgehead atoms. The molecule has 1 aliphatic heterocycles. The van der Waals surface area contributed by atoms with Crippen LogP contribution in [0.2, 0.25) is 5.02 Å². The van der Waals surface area contributed by atoms with Crippen LogP contribution in [-0.2, 0) is 4.79 Å². The van der Waals surface area contributed by atoms with Crippen LogP contribution >= 0.6 is 11.6 Å². The van der Waals surface area contributed by atoms with Gasteiger partial charge >= 0.3 is 6.03 Å². The van der Waals surface area contributed by atoms with Crippen LogP contribution in [-0.4, -0.2) is 41.4 Å². The predicted octanol–water partition coefficient (Wildman–Crippen LogP) is 3.66. The molecule has 1 aliphatic carbocycles. The average molecular weight is 418 g/mol. The van der Waals surface area contributed by atoms with E-state index >= 15 is 0 Å². The number of urea groups is 1. The fourth-order valence-electron chi connectivity index (χ4n) is 4.62. The molecule has 3 N–H and O–H groups in total. The molecule has 0 radical (unpaired) electrons. The maximum atomic E-state index is 13.7. The zero-order chi connectivity index (χ0) is 20.7. The molecule has 5 nitrogen and oxygen atoms in total. The van der Waals surface area contributed by atoms with Crippen molar-refractivity contribution in [2.24, 2.45) is 11.7 Å². The molecule has 3 rings (SSSR count). The van der Waals surface area contributed by atoms with Gasteiger partial charge in [0, 0.05) is 31.8 Å². The standard InChI is InChI=1S/C19H23ClF3N3O2/c1-18(16(27)25-8-9-26(18)17(24)28)15(11-4-6-19(22,23)7-5-11)12-2-3-14(21)13(20)10-12/h2-3,10-11,15H,4-9H2,1H3,(H2,24,28)(H,25,27)/t15-,18?/m1/s1. The molecule has 1 heterocycles. The van der Waals surface area contributed by atoms with E-state index in [1.807, 2.05) is 0 Å². The summed E-state index contributed by atoms with van der Waals surface area (Å²) in [6, 6.07) is 3.31. The average Bonchev–Trinajstić information content (AvgIpc) is 2.62. The summed E-state index contributed by atoms with van der Waals surface area (Å²) in [5, 5.41) is 2.61. The number of amides is 3. The normalized spacial score (nSPS) is 26.6. The Hall–Kier alpha value is -1.96. The molecule has 1 unspecified atom stereocenters. The number of nitrogens with two attached hydrogens (primary N) is 1. The van der Waals surface area contributed by atoms with Crippen LogP contribution in [0.25, 0.3) is 0 Å². The molecular weight excluding hydrogens is 395 g/mol. The number of benzene rings is 1. The van der Waals surface area contributed by atoms with Crippen molar-refractivity contribution in [3.8, 4) is 0 Å². The lowest BCUT2D eigenvalue weighted by Gasteiger charge is -2.50. The number of hydrogen-bond acceptors (Lipinski definition) is 2. The van der Waals surface area contributed by atoms with Gasteiger partial charge in [0.2, 0.25) is 11.8 Å². The van der Waals surface area contributed by atoms with E-state index in [4.69, 9.17) is 17.3 Å². The molecule has 1 saturated heterocycles. The lowest BCUT2D eigenvalue weighted by Crippen LogP contribution is -2.69. The maximum absolute atomic E-state index is 13.7. The SMILES string of the molecule is CC1([C@@H](c2ccc(F)c(Cl)c2)C2CCC(F)(F)CC2)C(=O)NCCN1C(N)=O. The van der Waals surface area contributed by atoms with E-state index in [9.17, 15) is 22.8 Å². The monoisotopic (exact) mass is 417 g/mol. The summed E-state index contributed by atoms with van der Waals surface area (Å²) in [5.41, 5.74) is 4.67. The summed E-state index contributed by atoms with van der Waals surface area (Å²) < 4.78 is 41.2. The number of alkyl halides is 2. The van der Waals surface area contributed by atoms with Crippen molar-refractivity contribution in [2.45, 2.75) is 50.0 Å². The predicted molar refractivity (Wildman–Crippen MR) is 98.8 cm³/mol. The van der Waals surface area contributed by atoms with E-state index in [-0.39, 0.29) is 49.7 Å². The number of hydrogen-bond donors (Lipinski definition) is 2. The number of rotatable bonds is 3.